The van der Waals surface area contributed by atoms with Crippen LogP contribution in [0, 0.1) is 10.1 Å². The highest BCUT2D eigenvalue weighted by Crippen LogP contribution is 2.32. The zero-order chi connectivity index (χ0) is 19.4. The minimum Gasteiger partial charge on any atom is -0.395 e. The molecule has 2 amide bonds. The Morgan fingerprint density at radius 1 is 1.26 bits per heavy atom. The summed E-state index contributed by atoms with van der Waals surface area (Å²) in [5.74, 6) is -1.15. The van der Waals surface area contributed by atoms with Gasteiger partial charge in [-0.15, -0.1) is 0 Å². The van der Waals surface area contributed by atoms with E-state index in [4.69, 9.17) is 5.11 Å². The molecule has 2 aromatic rings. The quantitative estimate of drug-likeness (QED) is 0.419. The van der Waals surface area contributed by atoms with Crippen molar-refractivity contribution in [1.29, 1.82) is 0 Å². The van der Waals surface area contributed by atoms with Crippen molar-refractivity contribution in [2.45, 2.75) is 9.92 Å². The lowest BCUT2D eigenvalue weighted by Crippen LogP contribution is -2.34. The topological polar surface area (TPSA) is 126 Å². The number of nitro groups is 1. The van der Waals surface area contributed by atoms with Gasteiger partial charge in [0.1, 0.15) is 10.7 Å². The molecule has 0 spiro atoms. The van der Waals surface area contributed by atoms with Crippen molar-refractivity contribution >= 4 is 35.0 Å². The highest BCUT2D eigenvalue weighted by molar-refractivity contribution is 7.99. The third kappa shape index (κ3) is 4.30. The average Bonchev–Trinajstić information content (AvgIpc) is 2.90. The number of aromatic nitrogens is 1. The Morgan fingerprint density at radius 3 is 2.74 bits per heavy atom. The first-order valence-corrected chi connectivity index (χ1v) is 8.63. The number of rotatable bonds is 7. The van der Waals surface area contributed by atoms with Gasteiger partial charge in [0.15, 0.2) is 0 Å². The van der Waals surface area contributed by atoms with Gasteiger partial charge in [-0.3, -0.25) is 24.6 Å². The molecule has 2 N–H and O–H groups in total. The molecule has 10 heteroatoms. The predicted octanol–water partition coefficient (Wildman–Crippen LogP) is 1.80. The maximum Gasteiger partial charge on any atom is 0.277 e. The van der Waals surface area contributed by atoms with Crippen LogP contribution in [0.1, 0.15) is 0 Å². The number of nitro benzene ring substituents is 1. The molecule has 1 aromatic carbocycles. The number of anilines is 1. The van der Waals surface area contributed by atoms with E-state index < -0.39 is 16.7 Å². The van der Waals surface area contributed by atoms with Gasteiger partial charge >= 0.3 is 0 Å². The Labute approximate surface area is 157 Å². The second-order valence-corrected chi connectivity index (χ2v) is 6.54. The van der Waals surface area contributed by atoms with E-state index in [2.05, 4.69) is 10.3 Å². The number of imide groups is 1. The van der Waals surface area contributed by atoms with Crippen molar-refractivity contribution in [2.75, 3.05) is 18.5 Å². The van der Waals surface area contributed by atoms with Crippen LogP contribution in [0.2, 0.25) is 0 Å². The van der Waals surface area contributed by atoms with Crippen LogP contribution in [-0.2, 0) is 9.59 Å². The molecule has 27 heavy (non-hydrogen) atoms. The van der Waals surface area contributed by atoms with Crippen molar-refractivity contribution in [3.8, 4) is 0 Å². The maximum atomic E-state index is 12.2. The molecule has 2 heterocycles. The molecule has 0 saturated heterocycles. The summed E-state index contributed by atoms with van der Waals surface area (Å²) in [7, 11) is 0. The fraction of sp³-hybridized carbons (Fsp3) is 0.118. The van der Waals surface area contributed by atoms with Crippen LogP contribution in [0.4, 0.5) is 11.4 Å². The largest absolute Gasteiger partial charge is 0.395 e. The van der Waals surface area contributed by atoms with Gasteiger partial charge in [0.05, 0.1) is 18.1 Å². The number of aliphatic hydroxyl groups is 1. The van der Waals surface area contributed by atoms with E-state index in [1.54, 1.807) is 30.5 Å². The molecule has 0 saturated carbocycles. The zero-order valence-electron chi connectivity index (χ0n) is 13.9. The first-order valence-electron chi connectivity index (χ1n) is 7.81. The number of aliphatic hydroxyl groups excluding tert-OH is 1. The number of hydrogen-bond donors (Lipinski definition) is 2. The minimum atomic E-state index is -0.598. The number of amides is 2. The van der Waals surface area contributed by atoms with Crippen LogP contribution >= 0.6 is 11.8 Å². The van der Waals surface area contributed by atoms with Crippen LogP contribution in [0.15, 0.2) is 64.3 Å². The summed E-state index contributed by atoms with van der Waals surface area (Å²) in [6.07, 6.45) is 2.71. The highest BCUT2D eigenvalue weighted by atomic mass is 32.2. The monoisotopic (exact) mass is 386 g/mol. The van der Waals surface area contributed by atoms with Gasteiger partial charge in [-0.2, -0.15) is 0 Å². The van der Waals surface area contributed by atoms with Gasteiger partial charge in [0, 0.05) is 35.0 Å². The van der Waals surface area contributed by atoms with Crippen molar-refractivity contribution in [1.82, 2.24) is 9.88 Å². The van der Waals surface area contributed by atoms with Crippen LogP contribution in [-0.4, -0.2) is 44.9 Å². The van der Waals surface area contributed by atoms with E-state index in [0.717, 1.165) is 11.0 Å². The predicted molar refractivity (Wildman–Crippen MR) is 97.0 cm³/mol. The second-order valence-electron chi connectivity index (χ2n) is 5.44. The number of nitrogens with zero attached hydrogens (tertiary/aromatic N) is 3. The smallest absolute Gasteiger partial charge is 0.277 e. The number of β-amino-alcohol motifs (C(OH)–C–C–N with tert-alkyl or cyclic N) is 1. The summed E-state index contributed by atoms with van der Waals surface area (Å²) in [5.41, 5.74) is 0.117. The molecule has 0 unspecified atom stereocenters. The maximum absolute atomic E-state index is 12.2. The Kier molecular flexibility index (Phi) is 5.48. The Hall–Kier alpha value is -3.24. The fourth-order valence-corrected chi connectivity index (χ4v) is 3.28. The Bertz CT molecular complexity index is 932. The molecule has 0 atom stereocenters. The van der Waals surface area contributed by atoms with Gasteiger partial charge in [-0.05, 0) is 18.2 Å². The number of pyridine rings is 1. The van der Waals surface area contributed by atoms with Crippen LogP contribution in [0.3, 0.4) is 0 Å². The number of carbonyl (C=O) groups excluding carboxylic acids is 2. The second kappa shape index (κ2) is 7.98. The summed E-state index contributed by atoms with van der Waals surface area (Å²) in [5, 5.41) is 23.6. The van der Waals surface area contributed by atoms with Gasteiger partial charge in [-0.25, -0.2) is 4.98 Å². The van der Waals surface area contributed by atoms with E-state index in [0.29, 0.717) is 15.6 Å². The fourth-order valence-electron chi connectivity index (χ4n) is 2.41. The normalized spacial score (nSPS) is 13.7. The number of hydrogen-bond acceptors (Lipinski definition) is 8. The van der Waals surface area contributed by atoms with Crippen LogP contribution in [0.25, 0.3) is 0 Å². The molecule has 3 rings (SSSR count). The first-order chi connectivity index (χ1) is 13.0. The molecule has 0 aliphatic carbocycles. The Balaban J connectivity index is 1.87. The summed E-state index contributed by atoms with van der Waals surface area (Å²) >= 11 is 1.23. The summed E-state index contributed by atoms with van der Waals surface area (Å²) in [4.78, 5) is 40.3. The van der Waals surface area contributed by atoms with Gasteiger partial charge in [-0.1, -0.05) is 17.8 Å². The minimum absolute atomic E-state index is 0.0114. The lowest BCUT2D eigenvalue weighted by molar-refractivity contribution is -0.385. The van der Waals surface area contributed by atoms with Crippen molar-refractivity contribution in [3.05, 3.63) is 64.5 Å². The third-order valence-electron chi connectivity index (χ3n) is 3.57. The van der Waals surface area contributed by atoms with E-state index in [9.17, 15) is 19.7 Å². The summed E-state index contributed by atoms with van der Waals surface area (Å²) in [6, 6.07) is 9.63. The number of non-ortho nitro benzene ring substituents is 1. The SMILES string of the molecule is O=C1C=C(Nc2cc(Sc3ccccn3)cc([N+](=O)[O-])c2)C(=O)N1CCO. The lowest BCUT2D eigenvalue weighted by atomic mass is 10.2. The van der Waals surface area contributed by atoms with Crippen molar-refractivity contribution in [3.63, 3.8) is 0 Å². The van der Waals surface area contributed by atoms with Gasteiger partial charge in [0.25, 0.3) is 17.5 Å². The molecule has 9 nitrogen and oxygen atoms in total. The zero-order valence-corrected chi connectivity index (χ0v) is 14.7. The summed E-state index contributed by atoms with van der Waals surface area (Å²) < 4.78 is 0. The van der Waals surface area contributed by atoms with E-state index in [1.807, 2.05) is 0 Å². The molecule has 0 fully saturated rings. The average molecular weight is 386 g/mol. The van der Waals surface area contributed by atoms with Gasteiger partial charge in [0.2, 0.25) is 0 Å². The number of carbonyl (C=O) groups is 2. The number of benzene rings is 1. The molecule has 1 aliphatic rings. The standard InChI is InChI=1S/C17H14N4O5S/c22-6-5-20-16(23)10-14(17(20)24)19-11-7-12(21(25)26)9-13(8-11)27-15-3-1-2-4-18-15/h1-4,7-10,19,22H,5-6H2. The van der Waals surface area contributed by atoms with Crippen LogP contribution < -0.4 is 5.32 Å². The van der Waals surface area contributed by atoms with Gasteiger partial charge < -0.3 is 10.4 Å². The molecule has 0 radical (unpaired) electrons. The van der Waals surface area contributed by atoms with Crippen LogP contribution in [0.5, 0.6) is 0 Å². The summed E-state index contributed by atoms with van der Waals surface area (Å²) in [6.45, 7) is -0.463. The molecule has 138 valence electrons. The molecular formula is C17H14N4O5S. The molecule has 0 bridgehead atoms. The molecule has 1 aromatic heterocycles. The number of nitrogens with one attached hydrogen (secondary N) is 1. The van der Waals surface area contributed by atoms with Crippen molar-refractivity contribution < 1.29 is 19.6 Å². The Morgan fingerprint density at radius 2 is 2.07 bits per heavy atom. The highest BCUT2D eigenvalue weighted by Gasteiger charge is 2.30. The lowest BCUT2D eigenvalue weighted by Gasteiger charge is -2.13. The van der Waals surface area contributed by atoms with E-state index in [-0.39, 0.29) is 24.5 Å². The first kappa shape index (κ1) is 18.5. The van der Waals surface area contributed by atoms with Crippen molar-refractivity contribution in [2.24, 2.45) is 0 Å². The van der Waals surface area contributed by atoms with E-state index in [1.165, 1.54) is 23.9 Å². The molecule has 1 aliphatic heterocycles. The molecular weight excluding hydrogens is 372 g/mol. The third-order valence-corrected chi connectivity index (χ3v) is 4.50. The van der Waals surface area contributed by atoms with E-state index >= 15 is 0 Å².